The summed E-state index contributed by atoms with van der Waals surface area (Å²) < 4.78 is 29.0. The van der Waals surface area contributed by atoms with Crippen LogP contribution in [-0.4, -0.2) is 43.5 Å². The van der Waals surface area contributed by atoms with E-state index < -0.39 is 15.4 Å². The highest BCUT2D eigenvalue weighted by atomic mass is 32.2. The van der Waals surface area contributed by atoms with E-state index >= 15 is 0 Å². The maximum Gasteiger partial charge on any atom is 0.150 e. The Morgan fingerprint density at radius 3 is 2.50 bits per heavy atom. The third-order valence-corrected chi connectivity index (χ3v) is 7.45. The number of aryl methyl sites for hydroxylation is 2. The van der Waals surface area contributed by atoms with E-state index in [0.717, 1.165) is 42.2 Å². The van der Waals surface area contributed by atoms with Gasteiger partial charge in [-0.15, -0.1) is 0 Å². The van der Waals surface area contributed by atoms with Gasteiger partial charge in [-0.05, 0) is 72.6 Å². The molecule has 1 fully saturated rings. The second-order valence-corrected chi connectivity index (χ2v) is 10.2. The van der Waals surface area contributed by atoms with E-state index in [1.807, 2.05) is 36.4 Å². The molecule has 1 N–H and O–H groups in total. The molecule has 0 unspecified atom stereocenters. The minimum Gasteiger partial charge on any atom is -0.491 e. The number of sulfone groups is 1. The average Bonchev–Trinajstić information content (AvgIpc) is 2.87. The highest BCUT2D eigenvalue weighted by molar-refractivity contribution is 7.91. The normalized spacial score (nSPS) is 19.8. The summed E-state index contributed by atoms with van der Waals surface area (Å²) >= 11 is 0. The molecule has 1 aliphatic carbocycles. The van der Waals surface area contributed by atoms with Gasteiger partial charge in [0.05, 0.1) is 11.5 Å². The van der Waals surface area contributed by atoms with Crippen LogP contribution in [0.3, 0.4) is 0 Å². The van der Waals surface area contributed by atoms with Crippen LogP contribution < -0.4 is 4.74 Å². The third-order valence-electron chi connectivity index (χ3n) is 5.79. The molecule has 28 heavy (non-hydrogen) atoms. The van der Waals surface area contributed by atoms with Crippen molar-refractivity contribution >= 4 is 16.1 Å². The summed E-state index contributed by atoms with van der Waals surface area (Å²) in [5, 5.41) is 10.6. The zero-order chi connectivity index (χ0) is 19.8. The van der Waals surface area contributed by atoms with Crippen molar-refractivity contribution in [2.24, 2.45) is 0 Å². The molecular formula is C22H24O5S. The SMILES string of the molecule is O=Cc1ccc2c(c1)-c1ccc(OCC3(O)CCS(=O)(=O)CC3)cc1CCC2. The molecule has 5 nitrogen and oxygen atoms in total. The van der Waals surface area contributed by atoms with Crippen LogP contribution >= 0.6 is 0 Å². The fourth-order valence-corrected chi connectivity index (χ4v) is 5.60. The number of fused-ring (bicyclic) bond motifs is 3. The van der Waals surface area contributed by atoms with Crippen LogP contribution in [0.4, 0.5) is 0 Å². The monoisotopic (exact) mass is 400 g/mol. The van der Waals surface area contributed by atoms with E-state index in [1.54, 1.807) is 0 Å². The van der Waals surface area contributed by atoms with Crippen molar-refractivity contribution in [1.82, 2.24) is 0 Å². The molecule has 1 aliphatic heterocycles. The van der Waals surface area contributed by atoms with Crippen molar-refractivity contribution in [2.45, 2.75) is 37.7 Å². The average molecular weight is 400 g/mol. The van der Waals surface area contributed by atoms with E-state index in [2.05, 4.69) is 0 Å². The van der Waals surface area contributed by atoms with Crippen LogP contribution in [-0.2, 0) is 22.7 Å². The lowest BCUT2D eigenvalue weighted by molar-refractivity contribution is -0.0128. The van der Waals surface area contributed by atoms with Crippen molar-refractivity contribution in [1.29, 1.82) is 0 Å². The Labute approximate surface area is 165 Å². The third kappa shape index (κ3) is 3.98. The fraction of sp³-hybridized carbons (Fsp3) is 0.409. The molecule has 6 heteroatoms. The summed E-state index contributed by atoms with van der Waals surface area (Å²) in [6.45, 7) is 0.0905. The quantitative estimate of drug-likeness (QED) is 0.798. The molecule has 0 saturated carbocycles. The second kappa shape index (κ2) is 7.33. The standard InChI is InChI=1S/C22H24O5S/c23-14-16-4-5-17-2-1-3-18-13-19(6-7-20(18)21(17)12-16)27-15-22(24)8-10-28(25,26)11-9-22/h4-7,12-14,24H,1-3,8-11,15H2. The number of rotatable bonds is 4. The van der Waals surface area contributed by atoms with Crippen molar-refractivity contribution in [3.05, 3.63) is 53.1 Å². The van der Waals surface area contributed by atoms with Gasteiger partial charge in [-0.25, -0.2) is 8.42 Å². The Morgan fingerprint density at radius 2 is 1.75 bits per heavy atom. The van der Waals surface area contributed by atoms with Gasteiger partial charge < -0.3 is 9.84 Å². The lowest BCUT2D eigenvalue weighted by atomic mass is 9.95. The van der Waals surface area contributed by atoms with Crippen molar-refractivity contribution in [3.63, 3.8) is 0 Å². The lowest BCUT2D eigenvalue weighted by Gasteiger charge is -2.31. The van der Waals surface area contributed by atoms with Gasteiger partial charge in [-0.3, -0.25) is 4.79 Å². The molecule has 0 spiro atoms. The number of hydrogen-bond acceptors (Lipinski definition) is 5. The molecule has 0 amide bonds. The molecule has 0 aromatic heterocycles. The molecule has 4 rings (SSSR count). The lowest BCUT2D eigenvalue weighted by Crippen LogP contribution is -2.43. The van der Waals surface area contributed by atoms with Crippen LogP contribution in [0.2, 0.25) is 0 Å². The van der Waals surface area contributed by atoms with E-state index in [-0.39, 0.29) is 31.0 Å². The molecule has 1 saturated heterocycles. The Kier molecular flexibility index (Phi) is 5.02. The predicted molar refractivity (Wildman–Crippen MR) is 108 cm³/mol. The van der Waals surface area contributed by atoms with Gasteiger partial charge in [0.2, 0.25) is 0 Å². The summed E-state index contributed by atoms with van der Waals surface area (Å²) in [7, 11) is -3.03. The summed E-state index contributed by atoms with van der Waals surface area (Å²) in [4.78, 5) is 11.2. The number of ether oxygens (including phenoxy) is 1. The molecule has 0 radical (unpaired) electrons. The minimum atomic E-state index is -3.03. The van der Waals surface area contributed by atoms with Crippen molar-refractivity contribution < 1.29 is 23.1 Å². The first-order chi connectivity index (χ1) is 13.4. The topological polar surface area (TPSA) is 80.7 Å². The van der Waals surface area contributed by atoms with Crippen molar-refractivity contribution in [2.75, 3.05) is 18.1 Å². The molecule has 1 heterocycles. The Morgan fingerprint density at radius 1 is 1.00 bits per heavy atom. The van der Waals surface area contributed by atoms with E-state index in [4.69, 9.17) is 4.74 Å². The zero-order valence-electron chi connectivity index (χ0n) is 15.7. The molecule has 2 aromatic carbocycles. The maximum atomic E-state index is 11.6. The number of aldehydes is 1. The molecule has 2 aliphatic rings. The second-order valence-electron chi connectivity index (χ2n) is 7.87. The van der Waals surface area contributed by atoms with Crippen LogP contribution in [0.1, 0.15) is 40.7 Å². The molecule has 0 atom stereocenters. The zero-order valence-corrected chi connectivity index (χ0v) is 16.5. The van der Waals surface area contributed by atoms with E-state index in [0.29, 0.717) is 11.3 Å². The van der Waals surface area contributed by atoms with Gasteiger partial charge in [0, 0.05) is 5.56 Å². The van der Waals surface area contributed by atoms with E-state index in [1.165, 1.54) is 5.56 Å². The number of benzene rings is 2. The molecular weight excluding hydrogens is 376 g/mol. The predicted octanol–water partition coefficient (Wildman–Crippen LogP) is 2.97. The molecule has 0 bridgehead atoms. The summed E-state index contributed by atoms with van der Waals surface area (Å²) in [5.74, 6) is 0.690. The maximum absolute atomic E-state index is 11.6. The summed E-state index contributed by atoms with van der Waals surface area (Å²) in [6, 6.07) is 11.7. The fourth-order valence-electron chi connectivity index (χ4n) is 4.01. The summed E-state index contributed by atoms with van der Waals surface area (Å²) in [5.41, 5.74) is 4.20. The number of aliphatic hydroxyl groups is 1. The highest BCUT2D eigenvalue weighted by Crippen LogP contribution is 2.35. The number of hydrogen-bond donors (Lipinski definition) is 1. The first-order valence-electron chi connectivity index (χ1n) is 9.65. The van der Waals surface area contributed by atoms with Gasteiger partial charge in [0.15, 0.2) is 9.84 Å². The van der Waals surface area contributed by atoms with Crippen molar-refractivity contribution in [3.8, 4) is 16.9 Å². The van der Waals surface area contributed by atoms with Gasteiger partial charge in [-0.1, -0.05) is 18.2 Å². The minimum absolute atomic E-state index is 0.00684. The van der Waals surface area contributed by atoms with Gasteiger partial charge in [0.25, 0.3) is 0 Å². The molecule has 2 aromatic rings. The van der Waals surface area contributed by atoms with Crippen LogP contribution in [0.5, 0.6) is 5.75 Å². The van der Waals surface area contributed by atoms with Crippen LogP contribution in [0, 0.1) is 0 Å². The summed E-state index contributed by atoms with van der Waals surface area (Å²) in [6.07, 6.45) is 4.19. The van der Waals surface area contributed by atoms with Crippen LogP contribution in [0.15, 0.2) is 36.4 Å². The van der Waals surface area contributed by atoms with Crippen LogP contribution in [0.25, 0.3) is 11.1 Å². The van der Waals surface area contributed by atoms with E-state index in [9.17, 15) is 18.3 Å². The molecule has 148 valence electrons. The largest absolute Gasteiger partial charge is 0.491 e. The number of carbonyl (C=O) groups is 1. The Balaban J connectivity index is 1.54. The Hall–Kier alpha value is -2.18. The van der Waals surface area contributed by atoms with Gasteiger partial charge in [-0.2, -0.15) is 0 Å². The Bertz CT molecular complexity index is 996. The smallest absolute Gasteiger partial charge is 0.150 e. The first-order valence-corrected chi connectivity index (χ1v) is 11.5. The van der Waals surface area contributed by atoms with Gasteiger partial charge in [0.1, 0.15) is 24.2 Å². The first kappa shape index (κ1) is 19.2. The van der Waals surface area contributed by atoms with Gasteiger partial charge >= 0.3 is 0 Å². The number of carbonyl (C=O) groups excluding carboxylic acids is 1. The highest BCUT2D eigenvalue weighted by Gasteiger charge is 2.36.